The number of hydrogen-bond donors (Lipinski definition) is 1. The molecule has 4 nitrogen and oxygen atoms in total. The molecule has 1 atom stereocenters. The maximum absolute atomic E-state index is 5.39. The van der Waals surface area contributed by atoms with Crippen LogP contribution in [0.1, 0.15) is 23.0 Å². The van der Waals surface area contributed by atoms with Gasteiger partial charge in [0.25, 0.3) is 0 Å². The molecule has 0 aliphatic heterocycles. The predicted octanol–water partition coefficient (Wildman–Crippen LogP) is 2.24. The van der Waals surface area contributed by atoms with Crippen LogP contribution >= 0.6 is 0 Å². The third-order valence-electron chi connectivity index (χ3n) is 3.49. The molecule has 102 valence electrons. The van der Waals surface area contributed by atoms with E-state index in [0.29, 0.717) is 0 Å². The van der Waals surface area contributed by atoms with Crippen LogP contribution in [0.5, 0.6) is 5.75 Å². The molecule has 1 heterocycles. The van der Waals surface area contributed by atoms with Crippen molar-refractivity contribution < 1.29 is 4.74 Å². The van der Waals surface area contributed by atoms with E-state index in [2.05, 4.69) is 40.0 Å². The van der Waals surface area contributed by atoms with E-state index in [-0.39, 0.29) is 6.04 Å². The number of benzene rings is 1. The van der Waals surface area contributed by atoms with Crippen LogP contribution in [0.4, 0.5) is 0 Å². The van der Waals surface area contributed by atoms with E-state index >= 15 is 0 Å². The Labute approximate surface area is 114 Å². The number of hydrogen-bond acceptors (Lipinski definition) is 3. The summed E-state index contributed by atoms with van der Waals surface area (Å²) in [6.07, 6.45) is 4.65. The zero-order chi connectivity index (χ0) is 13.8. The first-order valence-electron chi connectivity index (χ1n) is 6.43. The minimum Gasteiger partial charge on any atom is -0.496 e. The Morgan fingerprint density at radius 1 is 1.42 bits per heavy atom. The summed E-state index contributed by atoms with van der Waals surface area (Å²) in [7, 11) is 5.70. The average Bonchev–Trinajstić information content (AvgIpc) is 2.82. The summed E-state index contributed by atoms with van der Waals surface area (Å²) in [6.45, 7) is 2.05. The summed E-state index contributed by atoms with van der Waals surface area (Å²) in [4.78, 5) is 4.38. The zero-order valence-electron chi connectivity index (χ0n) is 12.0. The summed E-state index contributed by atoms with van der Waals surface area (Å²) in [5.74, 6) is 2.00. The minimum atomic E-state index is 0.232. The Bertz CT molecular complexity index is 548. The van der Waals surface area contributed by atoms with E-state index in [1.807, 2.05) is 26.5 Å². The number of nitrogens with one attached hydrogen (secondary N) is 1. The third kappa shape index (κ3) is 2.96. The van der Waals surface area contributed by atoms with Gasteiger partial charge in [-0.1, -0.05) is 12.1 Å². The summed E-state index contributed by atoms with van der Waals surface area (Å²) in [5, 5.41) is 3.35. The van der Waals surface area contributed by atoms with Crippen molar-refractivity contribution in [2.75, 3.05) is 14.2 Å². The van der Waals surface area contributed by atoms with E-state index < -0.39 is 0 Å². The molecule has 0 bridgehead atoms. The van der Waals surface area contributed by atoms with Gasteiger partial charge >= 0.3 is 0 Å². The lowest BCUT2D eigenvalue weighted by molar-refractivity contribution is 0.410. The summed E-state index contributed by atoms with van der Waals surface area (Å²) >= 11 is 0. The maximum atomic E-state index is 5.39. The van der Waals surface area contributed by atoms with Crippen LogP contribution < -0.4 is 10.1 Å². The second-order valence-corrected chi connectivity index (χ2v) is 4.73. The van der Waals surface area contributed by atoms with Crippen LogP contribution in [-0.4, -0.2) is 23.7 Å². The molecule has 0 spiro atoms. The lowest BCUT2D eigenvalue weighted by Gasteiger charge is -2.18. The first-order chi connectivity index (χ1) is 9.15. The van der Waals surface area contributed by atoms with Crippen molar-refractivity contribution in [3.05, 3.63) is 47.5 Å². The van der Waals surface area contributed by atoms with Gasteiger partial charge in [-0.25, -0.2) is 4.98 Å². The van der Waals surface area contributed by atoms with E-state index in [0.717, 1.165) is 23.6 Å². The molecule has 4 heteroatoms. The Hall–Kier alpha value is -1.81. The number of rotatable bonds is 5. The van der Waals surface area contributed by atoms with Gasteiger partial charge in [0.15, 0.2) is 0 Å². The van der Waals surface area contributed by atoms with E-state index in [4.69, 9.17) is 4.74 Å². The molecular weight excluding hydrogens is 238 g/mol. The molecule has 1 N–H and O–H groups in total. The molecule has 0 saturated carbocycles. The number of aryl methyl sites for hydroxylation is 2. The highest BCUT2D eigenvalue weighted by Crippen LogP contribution is 2.24. The normalized spacial score (nSPS) is 12.4. The molecule has 0 aliphatic rings. The average molecular weight is 259 g/mol. The fourth-order valence-corrected chi connectivity index (χ4v) is 2.22. The van der Waals surface area contributed by atoms with Gasteiger partial charge in [0.05, 0.1) is 7.11 Å². The number of imidazole rings is 1. The maximum Gasteiger partial charge on any atom is 0.122 e. The third-order valence-corrected chi connectivity index (χ3v) is 3.49. The van der Waals surface area contributed by atoms with Crippen LogP contribution in [-0.2, 0) is 13.5 Å². The van der Waals surface area contributed by atoms with E-state index in [9.17, 15) is 0 Å². The molecular formula is C15H21N3O. The molecule has 0 saturated heterocycles. The summed E-state index contributed by atoms with van der Waals surface area (Å²) in [5.41, 5.74) is 2.37. The molecule has 0 radical (unpaired) electrons. The standard InChI is InChI=1S/C15H21N3O/c1-11-5-6-12(9-14(11)19-4)13(16-2)10-15-17-7-8-18(15)3/h5-9,13,16H,10H2,1-4H3. The van der Waals surface area contributed by atoms with Gasteiger partial charge in [-0.15, -0.1) is 0 Å². The van der Waals surface area contributed by atoms with Gasteiger partial charge in [0.2, 0.25) is 0 Å². The fraction of sp³-hybridized carbons (Fsp3) is 0.400. The lowest BCUT2D eigenvalue weighted by Crippen LogP contribution is -2.20. The topological polar surface area (TPSA) is 39.1 Å². The number of nitrogens with zero attached hydrogens (tertiary/aromatic N) is 2. The largest absolute Gasteiger partial charge is 0.496 e. The Morgan fingerprint density at radius 2 is 2.21 bits per heavy atom. The van der Waals surface area contributed by atoms with Crippen molar-refractivity contribution in [2.24, 2.45) is 7.05 Å². The quantitative estimate of drug-likeness (QED) is 0.895. The van der Waals surface area contributed by atoms with Gasteiger partial charge < -0.3 is 14.6 Å². The van der Waals surface area contributed by atoms with E-state index in [1.54, 1.807) is 7.11 Å². The molecule has 1 aromatic heterocycles. The molecule has 1 aromatic carbocycles. The monoisotopic (exact) mass is 259 g/mol. The molecule has 2 aromatic rings. The number of ether oxygens (including phenoxy) is 1. The number of aromatic nitrogens is 2. The zero-order valence-corrected chi connectivity index (χ0v) is 12.0. The van der Waals surface area contributed by atoms with Gasteiger partial charge in [-0.3, -0.25) is 0 Å². The molecule has 0 amide bonds. The SMILES string of the molecule is CNC(Cc1nccn1C)c1ccc(C)c(OC)c1. The van der Waals surface area contributed by atoms with Gasteiger partial charge in [0, 0.05) is 31.9 Å². The molecule has 1 unspecified atom stereocenters. The van der Waals surface area contributed by atoms with Crippen molar-refractivity contribution in [1.29, 1.82) is 0 Å². The fourth-order valence-electron chi connectivity index (χ4n) is 2.22. The van der Waals surface area contributed by atoms with Crippen molar-refractivity contribution in [3.63, 3.8) is 0 Å². The van der Waals surface area contributed by atoms with Crippen LogP contribution in [0.2, 0.25) is 0 Å². The number of methoxy groups -OCH3 is 1. The summed E-state index contributed by atoms with van der Waals surface area (Å²) < 4.78 is 7.44. The minimum absolute atomic E-state index is 0.232. The van der Waals surface area contributed by atoms with Crippen molar-refractivity contribution >= 4 is 0 Å². The van der Waals surface area contributed by atoms with Crippen molar-refractivity contribution in [3.8, 4) is 5.75 Å². The van der Waals surface area contributed by atoms with Gasteiger partial charge in [0.1, 0.15) is 11.6 Å². The predicted molar refractivity (Wildman–Crippen MR) is 76.4 cm³/mol. The Morgan fingerprint density at radius 3 is 2.79 bits per heavy atom. The summed E-state index contributed by atoms with van der Waals surface area (Å²) in [6, 6.07) is 6.56. The highest BCUT2D eigenvalue weighted by molar-refractivity contribution is 5.38. The second kappa shape index (κ2) is 5.89. The second-order valence-electron chi connectivity index (χ2n) is 4.73. The smallest absolute Gasteiger partial charge is 0.122 e. The molecule has 0 aliphatic carbocycles. The lowest BCUT2D eigenvalue weighted by atomic mass is 10.0. The number of likely N-dealkylation sites (N-methyl/N-ethyl adjacent to an activating group) is 1. The van der Waals surface area contributed by atoms with Crippen LogP contribution in [0.15, 0.2) is 30.6 Å². The highest BCUT2D eigenvalue weighted by atomic mass is 16.5. The van der Waals surface area contributed by atoms with Crippen LogP contribution in [0, 0.1) is 6.92 Å². The molecule has 0 fully saturated rings. The van der Waals surface area contributed by atoms with E-state index in [1.165, 1.54) is 5.56 Å². The first kappa shape index (κ1) is 13.6. The highest BCUT2D eigenvalue weighted by Gasteiger charge is 2.14. The Balaban J connectivity index is 2.24. The van der Waals surface area contributed by atoms with Crippen molar-refractivity contribution in [1.82, 2.24) is 14.9 Å². The van der Waals surface area contributed by atoms with Gasteiger partial charge in [-0.05, 0) is 31.2 Å². The van der Waals surface area contributed by atoms with Crippen LogP contribution in [0.25, 0.3) is 0 Å². The molecule has 2 rings (SSSR count). The Kier molecular flexibility index (Phi) is 4.22. The van der Waals surface area contributed by atoms with Crippen molar-refractivity contribution in [2.45, 2.75) is 19.4 Å². The first-order valence-corrected chi connectivity index (χ1v) is 6.43. The van der Waals surface area contributed by atoms with Gasteiger partial charge in [-0.2, -0.15) is 0 Å². The molecule has 19 heavy (non-hydrogen) atoms. The van der Waals surface area contributed by atoms with Crippen LogP contribution in [0.3, 0.4) is 0 Å².